The fourth-order valence-corrected chi connectivity index (χ4v) is 4.12. The van der Waals surface area contributed by atoms with Gasteiger partial charge in [-0.2, -0.15) is 10.5 Å². The molecule has 0 fully saturated rings. The summed E-state index contributed by atoms with van der Waals surface area (Å²) < 4.78 is 3.72. The number of hydrogen-bond acceptors (Lipinski definition) is 7. The lowest BCUT2D eigenvalue weighted by Crippen LogP contribution is -2.23. The molecule has 35 heavy (non-hydrogen) atoms. The van der Waals surface area contributed by atoms with E-state index in [1.165, 1.54) is 0 Å². The van der Waals surface area contributed by atoms with Crippen LogP contribution in [0.1, 0.15) is 19.5 Å². The number of rotatable bonds is 3. The van der Waals surface area contributed by atoms with Gasteiger partial charge in [-0.1, -0.05) is 6.07 Å². The second-order valence-electron chi connectivity index (χ2n) is 8.74. The Hall–Kier alpha value is -5.02. The van der Waals surface area contributed by atoms with Crippen LogP contribution < -0.4 is 11.4 Å². The second-order valence-corrected chi connectivity index (χ2v) is 8.74. The molecule has 2 N–H and O–H groups in total. The van der Waals surface area contributed by atoms with E-state index in [1.807, 2.05) is 72.6 Å². The summed E-state index contributed by atoms with van der Waals surface area (Å²) in [5, 5.41) is 19.8. The van der Waals surface area contributed by atoms with Crippen LogP contribution in [0.15, 0.2) is 66.0 Å². The average molecular weight is 460 g/mol. The maximum atomic E-state index is 9.48. The predicted molar refractivity (Wildman–Crippen MR) is 133 cm³/mol. The average Bonchev–Trinajstić information content (AvgIpc) is 3.16. The van der Waals surface area contributed by atoms with Gasteiger partial charge in [-0.3, -0.25) is 14.5 Å². The summed E-state index contributed by atoms with van der Waals surface area (Å²) in [7, 11) is 1.84. The van der Waals surface area contributed by atoms with Gasteiger partial charge in [0.15, 0.2) is 0 Å². The Balaban J connectivity index is 1.84. The van der Waals surface area contributed by atoms with Gasteiger partial charge in [-0.15, -0.1) is 4.99 Å². The van der Waals surface area contributed by atoms with Crippen LogP contribution in [0.3, 0.4) is 0 Å². The van der Waals surface area contributed by atoms with E-state index in [2.05, 4.69) is 26.0 Å². The quantitative estimate of drug-likeness (QED) is 0.408. The number of hydrogen-bond donors (Lipinski definition) is 1. The molecule has 0 unspecified atom stereocenters. The molecular weight excluding hydrogens is 438 g/mol. The Kier molecular flexibility index (Phi) is 5.04. The molecule has 9 heteroatoms. The van der Waals surface area contributed by atoms with Crippen molar-refractivity contribution in [1.82, 2.24) is 24.1 Å². The van der Waals surface area contributed by atoms with Crippen LogP contribution in [-0.2, 0) is 12.5 Å². The predicted octanol–water partition coefficient (Wildman–Crippen LogP) is 3.74. The molecule has 0 saturated heterocycles. The standard InChI is InChI=1S/C26H21N9/c1-26(2,14-27)22-8-6-18(12-31-22)35-24-19-10-16(17-5-9-23(29)32-11-17)4-7-20(19)30-13-21(24)34(3)25(35)33-15-28/h4-13H,1-3H3,(H2,29,32)/b33-25-. The van der Waals surface area contributed by atoms with Gasteiger partial charge >= 0.3 is 0 Å². The number of benzene rings is 1. The van der Waals surface area contributed by atoms with Gasteiger partial charge < -0.3 is 10.3 Å². The first-order valence-corrected chi connectivity index (χ1v) is 10.9. The van der Waals surface area contributed by atoms with Crippen LogP contribution in [-0.4, -0.2) is 24.1 Å². The third-order valence-corrected chi connectivity index (χ3v) is 6.10. The molecular formula is C26H21N9. The van der Waals surface area contributed by atoms with E-state index in [1.54, 1.807) is 24.7 Å². The highest BCUT2D eigenvalue weighted by Gasteiger charge is 2.22. The summed E-state index contributed by atoms with van der Waals surface area (Å²) in [4.78, 5) is 17.5. The summed E-state index contributed by atoms with van der Waals surface area (Å²) in [6.07, 6.45) is 7.12. The van der Waals surface area contributed by atoms with Crippen LogP contribution in [0.4, 0.5) is 5.82 Å². The number of aromatic nitrogens is 5. The van der Waals surface area contributed by atoms with Crippen LogP contribution in [0.5, 0.6) is 0 Å². The smallest absolute Gasteiger partial charge is 0.226 e. The van der Waals surface area contributed by atoms with Crippen molar-refractivity contribution in [2.24, 2.45) is 12.0 Å². The molecule has 4 heterocycles. The minimum absolute atomic E-state index is 0.436. The molecule has 0 aliphatic rings. The lowest BCUT2D eigenvalue weighted by Gasteiger charge is -2.15. The van der Waals surface area contributed by atoms with Crippen LogP contribution in [0, 0.1) is 22.8 Å². The fraction of sp³-hybridized carbons (Fsp3) is 0.154. The molecule has 170 valence electrons. The Morgan fingerprint density at radius 2 is 1.74 bits per heavy atom. The monoisotopic (exact) mass is 459 g/mol. The molecule has 0 spiro atoms. The van der Waals surface area contributed by atoms with E-state index in [4.69, 9.17) is 5.73 Å². The summed E-state index contributed by atoms with van der Waals surface area (Å²) in [6.45, 7) is 3.65. The molecule has 5 rings (SSSR count). The van der Waals surface area contributed by atoms with E-state index in [0.717, 1.165) is 33.1 Å². The Morgan fingerprint density at radius 1 is 0.943 bits per heavy atom. The van der Waals surface area contributed by atoms with Crippen molar-refractivity contribution in [3.8, 4) is 29.1 Å². The Labute approximate surface area is 201 Å². The first-order chi connectivity index (χ1) is 16.8. The Bertz CT molecular complexity index is 1740. The molecule has 0 aliphatic carbocycles. The SMILES string of the molecule is Cn1/c(=N/C#N)n(-c2ccc(C(C)(C)C#N)nc2)c2c3cc(-c4ccc(N)nc4)ccc3ncc21. The van der Waals surface area contributed by atoms with Gasteiger partial charge in [0, 0.05) is 24.2 Å². The topological polar surface area (TPSA) is 134 Å². The zero-order valence-electron chi connectivity index (χ0n) is 19.4. The van der Waals surface area contributed by atoms with Crippen LogP contribution in [0.25, 0.3) is 38.8 Å². The number of fused-ring (bicyclic) bond motifs is 3. The third kappa shape index (κ3) is 3.56. The molecule has 5 aromatic rings. The first kappa shape index (κ1) is 21.8. The maximum Gasteiger partial charge on any atom is 0.226 e. The maximum absolute atomic E-state index is 9.48. The summed E-state index contributed by atoms with van der Waals surface area (Å²) in [6, 6.07) is 15.7. The molecule has 0 saturated carbocycles. The minimum Gasteiger partial charge on any atom is -0.384 e. The number of nitrogen functional groups attached to an aromatic ring is 1. The van der Waals surface area contributed by atoms with E-state index < -0.39 is 5.41 Å². The number of nitrogens with two attached hydrogens (primary N) is 1. The molecule has 4 aromatic heterocycles. The molecule has 9 nitrogen and oxygen atoms in total. The minimum atomic E-state index is -0.722. The first-order valence-electron chi connectivity index (χ1n) is 10.9. The van der Waals surface area contributed by atoms with Gasteiger partial charge in [0.1, 0.15) is 5.82 Å². The number of pyridine rings is 3. The highest BCUT2D eigenvalue weighted by Crippen LogP contribution is 2.30. The van der Waals surface area contributed by atoms with Crippen molar-refractivity contribution >= 4 is 27.8 Å². The number of anilines is 1. The van der Waals surface area contributed by atoms with Gasteiger partial charge in [0.25, 0.3) is 0 Å². The van der Waals surface area contributed by atoms with E-state index >= 15 is 0 Å². The van der Waals surface area contributed by atoms with E-state index in [-0.39, 0.29) is 0 Å². The summed E-state index contributed by atoms with van der Waals surface area (Å²) in [5.41, 5.74) is 11.2. The van der Waals surface area contributed by atoms with Crippen LogP contribution >= 0.6 is 0 Å². The van der Waals surface area contributed by atoms with Crippen molar-refractivity contribution in [2.75, 3.05) is 5.73 Å². The zero-order valence-corrected chi connectivity index (χ0v) is 19.4. The lowest BCUT2D eigenvalue weighted by atomic mass is 9.91. The molecule has 0 bridgehead atoms. The molecule has 0 atom stereocenters. The lowest BCUT2D eigenvalue weighted by molar-refractivity contribution is 0.658. The van der Waals surface area contributed by atoms with Crippen LogP contribution in [0.2, 0.25) is 0 Å². The summed E-state index contributed by atoms with van der Waals surface area (Å²) >= 11 is 0. The van der Waals surface area contributed by atoms with E-state index in [9.17, 15) is 10.5 Å². The highest BCUT2D eigenvalue weighted by molar-refractivity contribution is 6.04. The van der Waals surface area contributed by atoms with E-state index in [0.29, 0.717) is 22.8 Å². The zero-order chi connectivity index (χ0) is 24.7. The van der Waals surface area contributed by atoms with Gasteiger partial charge in [0.2, 0.25) is 11.8 Å². The van der Waals surface area contributed by atoms with Crippen molar-refractivity contribution in [3.63, 3.8) is 0 Å². The fourth-order valence-electron chi connectivity index (χ4n) is 4.12. The molecule has 0 aliphatic heterocycles. The third-order valence-electron chi connectivity index (χ3n) is 6.10. The number of nitrogens with zero attached hydrogens (tertiary/aromatic N) is 8. The molecule has 1 aromatic carbocycles. The van der Waals surface area contributed by atoms with Crippen molar-refractivity contribution < 1.29 is 0 Å². The largest absolute Gasteiger partial charge is 0.384 e. The number of nitriles is 2. The van der Waals surface area contributed by atoms with Gasteiger partial charge in [-0.25, -0.2) is 4.98 Å². The Morgan fingerprint density at radius 3 is 2.40 bits per heavy atom. The van der Waals surface area contributed by atoms with Crippen molar-refractivity contribution in [1.29, 1.82) is 10.5 Å². The molecule has 0 amide bonds. The van der Waals surface area contributed by atoms with Gasteiger partial charge in [0.05, 0.1) is 51.8 Å². The second kappa shape index (κ2) is 8.08. The highest BCUT2D eigenvalue weighted by atomic mass is 15.2. The van der Waals surface area contributed by atoms with Crippen molar-refractivity contribution in [3.05, 3.63) is 72.4 Å². The van der Waals surface area contributed by atoms with Gasteiger partial charge in [-0.05, 0) is 55.8 Å². The normalized spacial score (nSPS) is 12.1. The number of imidazole rings is 1. The van der Waals surface area contributed by atoms with Crippen molar-refractivity contribution in [2.45, 2.75) is 19.3 Å². The number of aryl methyl sites for hydroxylation is 1. The molecule has 0 radical (unpaired) electrons. The summed E-state index contributed by atoms with van der Waals surface area (Å²) in [5.74, 6) is 0.456.